The zero-order chi connectivity index (χ0) is 20.5. The molecule has 3 aromatic rings. The molecule has 0 radical (unpaired) electrons. The second kappa shape index (κ2) is 7.54. The molecule has 1 atom stereocenters. The first kappa shape index (κ1) is 18.9. The van der Waals surface area contributed by atoms with Crippen molar-refractivity contribution in [3.8, 4) is 11.3 Å². The van der Waals surface area contributed by atoms with Crippen molar-refractivity contribution in [2.24, 2.45) is 0 Å². The Hall–Kier alpha value is -3.41. The predicted octanol–water partition coefficient (Wildman–Crippen LogP) is 3.57. The number of carbonyl (C=O) groups excluding carboxylic acids is 2. The van der Waals surface area contributed by atoms with E-state index in [1.54, 1.807) is 16.0 Å². The number of anilines is 1. The number of hydrogen-bond acceptors (Lipinski definition) is 3. The molecule has 0 bridgehead atoms. The number of aromatic nitrogens is 2. The fraction of sp³-hybridized carbons (Fsp3) is 0.261. The number of nitrogens with one attached hydrogen (secondary N) is 1. The van der Waals surface area contributed by atoms with Crippen LogP contribution in [0, 0.1) is 13.8 Å². The van der Waals surface area contributed by atoms with Gasteiger partial charge in [-0.3, -0.25) is 14.7 Å². The molecule has 0 saturated carbocycles. The molecule has 1 aromatic heterocycles. The van der Waals surface area contributed by atoms with Gasteiger partial charge in [-0.2, -0.15) is 5.10 Å². The summed E-state index contributed by atoms with van der Waals surface area (Å²) in [5.74, 6) is -0.258. The fourth-order valence-corrected chi connectivity index (χ4v) is 3.85. The number of nitrogens with zero attached hydrogens (tertiary/aromatic N) is 3. The standard InChI is InChI=1S/C23H24N4O2/c1-15-7-6-9-18(11-15)22-19(12-24-25-22)23(29)26-14-21(28)27(13-17(26)3)20-10-5-4-8-16(20)2/h4-12,17H,13-14H2,1-3H3,(H,24,25)/t17-/m0/s1. The van der Waals surface area contributed by atoms with Crippen molar-refractivity contribution in [2.75, 3.05) is 18.0 Å². The van der Waals surface area contributed by atoms with E-state index >= 15 is 0 Å². The number of H-pyrrole nitrogens is 1. The normalized spacial score (nSPS) is 16.9. The van der Waals surface area contributed by atoms with Crippen LogP contribution < -0.4 is 4.90 Å². The van der Waals surface area contributed by atoms with Crippen molar-refractivity contribution >= 4 is 17.5 Å². The first-order valence-electron chi connectivity index (χ1n) is 9.73. The first-order chi connectivity index (χ1) is 14.0. The number of rotatable bonds is 3. The number of piperazine rings is 1. The smallest absolute Gasteiger partial charge is 0.258 e. The van der Waals surface area contributed by atoms with Crippen LogP contribution in [-0.4, -0.2) is 46.0 Å². The maximum Gasteiger partial charge on any atom is 0.258 e. The monoisotopic (exact) mass is 388 g/mol. The number of para-hydroxylation sites is 1. The largest absolute Gasteiger partial charge is 0.325 e. The Balaban J connectivity index is 1.60. The minimum absolute atomic E-state index is 0.0484. The van der Waals surface area contributed by atoms with Crippen molar-refractivity contribution in [3.63, 3.8) is 0 Å². The van der Waals surface area contributed by atoms with E-state index < -0.39 is 0 Å². The first-order valence-corrected chi connectivity index (χ1v) is 9.73. The summed E-state index contributed by atoms with van der Waals surface area (Å²) in [6.07, 6.45) is 1.55. The number of carbonyl (C=O) groups is 2. The highest BCUT2D eigenvalue weighted by molar-refractivity contribution is 6.04. The van der Waals surface area contributed by atoms with Gasteiger partial charge in [0.15, 0.2) is 0 Å². The molecule has 29 heavy (non-hydrogen) atoms. The van der Waals surface area contributed by atoms with E-state index in [9.17, 15) is 9.59 Å². The zero-order valence-corrected chi connectivity index (χ0v) is 16.8. The van der Waals surface area contributed by atoms with Crippen LogP contribution in [0.1, 0.15) is 28.4 Å². The Labute approximate surface area is 170 Å². The molecule has 1 fully saturated rings. The predicted molar refractivity (Wildman–Crippen MR) is 113 cm³/mol. The molecular formula is C23H24N4O2. The molecule has 6 heteroatoms. The van der Waals surface area contributed by atoms with Gasteiger partial charge in [0, 0.05) is 23.8 Å². The van der Waals surface area contributed by atoms with Crippen molar-refractivity contribution in [1.29, 1.82) is 0 Å². The number of aromatic amines is 1. The van der Waals surface area contributed by atoms with Gasteiger partial charge < -0.3 is 9.80 Å². The van der Waals surface area contributed by atoms with E-state index in [1.165, 1.54) is 0 Å². The van der Waals surface area contributed by atoms with Crippen molar-refractivity contribution in [3.05, 3.63) is 71.4 Å². The van der Waals surface area contributed by atoms with Crippen LogP contribution in [0.25, 0.3) is 11.3 Å². The van der Waals surface area contributed by atoms with Gasteiger partial charge in [0.25, 0.3) is 5.91 Å². The van der Waals surface area contributed by atoms with E-state index in [2.05, 4.69) is 10.2 Å². The summed E-state index contributed by atoms with van der Waals surface area (Å²) < 4.78 is 0. The lowest BCUT2D eigenvalue weighted by atomic mass is 10.0. The average molecular weight is 388 g/mol. The van der Waals surface area contributed by atoms with E-state index in [4.69, 9.17) is 0 Å². The highest BCUT2D eigenvalue weighted by Crippen LogP contribution is 2.27. The second-order valence-corrected chi connectivity index (χ2v) is 7.60. The Morgan fingerprint density at radius 3 is 2.69 bits per heavy atom. The van der Waals surface area contributed by atoms with E-state index in [0.717, 1.165) is 22.4 Å². The van der Waals surface area contributed by atoms with Crippen LogP contribution in [0.3, 0.4) is 0 Å². The van der Waals surface area contributed by atoms with Crippen LogP contribution in [0.4, 0.5) is 5.69 Å². The minimum Gasteiger partial charge on any atom is -0.325 e. The summed E-state index contributed by atoms with van der Waals surface area (Å²) in [6.45, 7) is 6.49. The van der Waals surface area contributed by atoms with Crippen LogP contribution in [-0.2, 0) is 4.79 Å². The number of hydrogen-bond donors (Lipinski definition) is 1. The SMILES string of the molecule is Cc1cccc(-c2[nH]ncc2C(=O)N2CC(=O)N(c3ccccc3C)C[C@@H]2C)c1. The Morgan fingerprint density at radius 2 is 1.93 bits per heavy atom. The summed E-state index contributed by atoms with van der Waals surface area (Å²) in [4.78, 5) is 29.6. The third-order valence-corrected chi connectivity index (χ3v) is 5.43. The van der Waals surface area contributed by atoms with Crippen molar-refractivity contribution in [2.45, 2.75) is 26.8 Å². The van der Waals surface area contributed by atoms with Gasteiger partial charge in [-0.15, -0.1) is 0 Å². The Morgan fingerprint density at radius 1 is 1.14 bits per heavy atom. The molecule has 1 saturated heterocycles. The quantitative estimate of drug-likeness (QED) is 0.746. The number of aryl methyl sites for hydroxylation is 2. The third kappa shape index (κ3) is 3.53. The number of amides is 2. The van der Waals surface area contributed by atoms with E-state index in [1.807, 2.05) is 69.3 Å². The highest BCUT2D eigenvalue weighted by Gasteiger charge is 2.35. The lowest BCUT2D eigenvalue weighted by Crippen LogP contribution is -2.57. The van der Waals surface area contributed by atoms with Gasteiger partial charge in [-0.05, 0) is 38.5 Å². The number of benzene rings is 2. The minimum atomic E-state index is -0.180. The maximum atomic E-state index is 13.3. The average Bonchev–Trinajstić information content (AvgIpc) is 3.19. The van der Waals surface area contributed by atoms with Gasteiger partial charge in [0.05, 0.1) is 17.5 Å². The Kier molecular flexibility index (Phi) is 4.92. The molecule has 1 aliphatic rings. The van der Waals surface area contributed by atoms with E-state index in [0.29, 0.717) is 17.8 Å². The van der Waals surface area contributed by atoms with Gasteiger partial charge in [-0.25, -0.2) is 0 Å². The molecular weight excluding hydrogens is 364 g/mol. The lowest BCUT2D eigenvalue weighted by molar-refractivity contribution is -0.121. The highest BCUT2D eigenvalue weighted by atomic mass is 16.2. The van der Waals surface area contributed by atoms with Gasteiger partial charge in [0.1, 0.15) is 6.54 Å². The fourth-order valence-electron chi connectivity index (χ4n) is 3.85. The van der Waals surface area contributed by atoms with Gasteiger partial charge >= 0.3 is 0 Å². The molecule has 6 nitrogen and oxygen atoms in total. The third-order valence-electron chi connectivity index (χ3n) is 5.43. The molecule has 2 heterocycles. The maximum absolute atomic E-state index is 13.3. The van der Waals surface area contributed by atoms with Crippen LogP contribution >= 0.6 is 0 Å². The molecule has 2 aromatic carbocycles. The molecule has 1 aliphatic heterocycles. The van der Waals surface area contributed by atoms with Crippen molar-refractivity contribution in [1.82, 2.24) is 15.1 Å². The Bertz CT molecular complexity index is 1070. The van der Waals surface area contributed by atoms with Crippen LogP contribution in [0.5, 0.6) is 0 Å². The summed E-state index contributed by atoms with van der Waals surface area (Å²) in [5.41, 5.74) is 5.12. The summed E-state index contributed by atoms with van der Waals surface area (Å²) >= 11 is 0. The van der Waals surface area contributed by atoms with Crippen LogP contribution in [0.2, 0.25) is 0 Å². The molecule has 0 spiro atoms. The van der Waals surface area contributed by atoms with Gasteiger partial charge in [0.2, 0.25) is 5.91 Å². The molecule has 0 aliphatic carbocycles. The topological polar surface area (TPSA) is 69.3 Å². The summed E-state index contributed by atoms with van der Waals surface area (Å²) in [5, 5.41) is 7.04. The zero-order valence-electron chi connectivity index (χ0n) is 16.8. The van der Waals surface area contributed by atoms with Crippen molar-refractivity contribution < 1.29 is 9.59 Å². The molecule has 1 N–H and O–H groups in total. The summed E-state index contributed by atoms with van der Waals surface area (Å²) in [6, 6.07) is 15.6. The summed E-state index contributed by atoms with van der Waals surface area (Å²) in [7, 11) is 0. The van der Waals surface area contributed by atoms with Gasteiger partial charge in [-0.1, -0.05) is 42.0 Å². The van der Waals surface area contributed by atoms with Crippen LogP contribution in [0.15, 0.2) is 54.7 Å². The molecule has 0 unspecified atom stereocenters. The molecule has 148 valence electrons. The molecule has 2 amide bonds. The molecule has 4 rings (SSSR count). The van der Waals surface area contributed by atoms with E-state index in [-0.39, 0.29) is 24.4 Å². The second-order valence-electron chi connectivity index (χ2n) is 7.60. The lowest BCUT2D eigenvalue weighted by Gasteiger charge is -2.39.